The summed E-state index contributed by atoms with van der Waals surface area (Å²) < 4.78 is 5.46. The number of H-pyrrole nitrogens is 1. The standard InChI is InChI=1S/C25H34N2O3/c1-5-6-7-8-9-14-30-25(29)24-17(2)23-21(26-24)15-19(16-22(23)28)18-10-12-20(13-11-18)27(3)4/h10-13,19,26H,5-9,14-16H2,1-4H3/t19-/m0/s1. The van der Waals surface area contributed by atoms with Crippen LogP contribution in [-0.2, 0) is 11.2 Å². The molecule has 5 heteroatoms. The molecular formula is C25H34N2O3. The minimum atomic E-state index is -0.350. The highest BCUT2D eigenvalue weighted by atomic mass is 16.5. The summed E-state index contributed by atoms with van der Waals surface area (Å²) in [6.07, 6.45) is 6.75. The molecular weight excluding hydrogens is 376 g/mol. The van der Waals surface area contributed by atoms with Crippen LogP contribution in [0.2, 0.25) is 0 Å². The van der Waals surface area contributed by atoms with Gasteiger partial charge in [-0.05, 0) is 48.9 Å². The summed E-state index contributed by atoms with van der Waals surface area (Å²) >= 11 is 0. The van der Waals surface area contributed by atoms with Crippen molar-refractivity contribution >= 4 is 17.4 Å². The first-order valence-electron chi connectivity index (χ1n) is 11.1. The van der Waals surface area contributed by atoms with Crippen molar-refractivity contribution in [2.24, 2.45) is 0 Å². The lowest BCUT2D eigenvalue weighted by molar-refractivity contribution is 0.0490. The van der Waals surface area contributed by atoms with Gasteiger partial charge in [-0.25, -0.2) is 4.79 Å². The minimum absolute atomic E-state index is 0.102. The maximum atomic E-state index is 12.9. The molecule has 0 saturated heterocycles. The molecule has 1 N–H and O–H groups in total. The van der Waals surface area contributed by atoms with E-state index in [0.717, 1.165) is 41.8 Å². The first kappa shape index (κ1) is 22.1. The van der Waals surface area contributed by atoms with Crippen molar-refractivity contribution in [2.75, 3.05) is 25.6 Å². The van der Waals surface area contributed by atoms with Crippen LogP contribution < -0.4 is 4.90 Å². The Bertz CT molecular complexity index is 881. The van der Waals surface area contributed by atoms with Crippen LogP contribution in [-0.4, -0.2) is 37.4 Å². The zero-order valence-corrected chi connectivity index (χ0v) is 18.7. The van der Waals surface area contributed by atoms with Gasteiger partial charge in [0.25, 0.3) is 0 Å². The van der Waals surface area contributed by atoms with E-state index in [4.69, 9.17) is 4.74 Å². The van der Waals surface area contributed by atoms with E-state index in [0.29, 0.717) is 24.3 Å². The van der Waals surface area contributed by atoms with E-state index < -0.39 is 0 Å². The van der Waals surface area contributed by atoms with Crippen LogP contribution >= 0.6 is 0 Å². The second-order valence-electron chi connectivity index (χ2n) is 8.54. The molecule has 0 spiro atoms. The Hall–Kier alpha value is -2.56. The number of hydrogen-bond acceptors (Lipinski definition) is 4. The van der Waals surface area contributed by atoms with E-state index >= 15 is 0 Å². The number of carbonyl (C=O) groups excluding carboxylic acids is 2. The number of benzene rings is 1. The third-order valence-corrected chi connectivity index (χ3v) is 6.05. The molecule has 5 nitrogen and oxygen atoms in total. The molecule has 1 aromatic heterocycles. The summed E-state index contributed by atoms with van der Waals surface area (Å²) in [4.78, 5) is 30.7. The lowest BCUT2D eigenvalue weighted by Crippen LogP contribution is -2.18. The summed E-state index contributed by atoms with van der Waals surface area (Å²) in [5, 5.41) is 0. The fraction of sp³-hybridized carbons (Fsp3) is 0.520. The van der Waals surface area contributed by atoms with E-state index in [9.17, 15) is 9.59 Å². The van der Waals surface area contributed by atoms with Gasteiger partial charge in [0, 0.05) is 37.5 Å². The van der Waals surface area contributed by atoms with Crippen molar-refractivity contribution in [2.45, 2.75) is 64.7 Å². The van der Waals surface area contributed by atoms with E-state index in [1.807, 2.05) is 21.0 Å². The molecule has 1 heterocycles. The second-order valence-corrected chi connectivity index (χ2v) is 8.54. The van der Waals surface area contributed by atoms with E-state index in [1.54, 1.807) is 0 Å². The second kappa shape index (κ2) is 9.96. The molecule has 2 aromatic rings. The fourth-order valence-electron chi connectivity index (χ4n) is 4.26. The Labute approximate surface area is 179 Å². The molecule has 0 radical (unpaired) electrons. The maximum absolute atomic E-state index is 12.9. The van der Waals surface area contributed by atoms with Crippen molar-refractivity contribution < 1.29 is 14.3 Å². The summed E-state index contributed by atoms with van der Waals surface area (Å²) in [6, 6.07) is 8.36. The number of unbranched alkanes of at least 4 members (excludes halogenated alkanes) is 4. The van der Waals surface area contributed by atoms with E-state index in [2.05, 4.69) is 41.1 Å². The van der Waals surface area contributed by atoms with E-state index in [-0.39, 0.29) is 17.7 Å². The number of aromatic amines is 1. The van der Waals surface area contributed by atoms with Crippen LogP contribution in [0.1, 0.15) is 89.0 Å². The van der Waals surface area contributed by atoms with Gasteiger partial charge in [-0.3, -0.25) is 4.79 Å². The molecule has 1 aliphatic carbocycles. The number of rotatable bonds is 9. The zero-order valence-electron chi connectivity index (χ0n) is 18.7. The number of esters is 1. The van der Waals surface area contributed by atoms with Crippen molar-refractivity contribution in [1.82, 2.24) is 4.98 Å². The van der Waals surface area contributed by atoms with E-state index in [1.165, 1.54) is 19.3 Å². The smallest absolute Gasteiger partial charge is 0.355 e. The molecule has 0 bridgehead atoms. The number of aromatic nitrogens is 1. The zero-order chi connectivity index (χ0) is 21.7. The first-order valence-corrected chi connectivity index (χ1v) is 11.1. The van der Waals surface area contributed by atoms with Crippen LogP contribution in [0.15, 0.2) is 24.3 Å². The molecule has 162 valence electrons. The Balaban J connectivity index is 1.67. The molecule has 1 atom stereocenters. The van der Waals surface area contributed by atoms with Crippen LogP contribution in [0, 0.1) is 6.92 Å². The highest BCUT2D eigenvalue weighted by Gasteiger charge is 2.32. The molecule has 0 aliphatic heterocycles. The number of carbonyl (C=O) groups is 2. The minimum Gasteiger partial charge on any atom is -0.461 e. The van der Waals surface area contributed by atoms with Crippen molar-refractivity contribution in [1.29, 1.82) is 0 Å². The van der Waals surface area contributed by atoms with Crippen LogP contribution in [0.25, 0.3) is 0 Å². The maximum Gasteiger partial charge on any atom is 0.355 e. The molecule has 1 aliphatic rings. The number of Topliss-reactive ketones (excluding diaryl/α,β-unsaturated/α-hetero) is 1. The molecule has 0 unspecified atom stereocenters. The number of hydrogen-bond donors (Lipinski definition) is 1. The summed E-state index contributed by atoms with van der Waals surface area (Å²) in [6.45, 7) is 4.46. The Morgan fingerprint density at radius 1 is 1.10 bits per heavy atom. The molecule has 0 saturated carbocycles. The van der Waals surface area contributed by atoms with Gasteiger partial charge in [-0.1, -0.05) is 44.7 Å². The number of nitrogens with one attached hydrogen (secondary N) is 1. The number of fused-ring (bicyclic) bond motifs is 1. The Morgan fingerprint density at radius 2 is 1.80 bits per heavy atom. The molecule has 0 amide bonds. The largest absolute Gasteiger partial charge is 0.461 e. The summed E-state index contributed by atoms with van der Waals surface area (Å²) in [5.41, 5.74) is 5.00. The topological polar surface area (TPSA) is 62.4 Å². The van der Waals surface area contributed by atoms with Crippen molar-refractivity contribution in [3.8, 4) is 0 Å². The van der Waals surface area contributed by atoms with Gasteiger partial charge in [0.2, 0.25) is 0 Å². The Morgan fingerprint density at radius 3 is 2.47 bits per heavy atom. The highest BCUT2D eigenvalue weighted by Crippen LogP contribution is 2.35. The lowest BCUT2D eigenvalue weighted by Gasteiger charge is -2.23. The molecule has 1 aromatic carbocycles. The first-order chi connectivity index (χ1) is 14.4. The number of nitrogens with zero attached hydrogens (tertiary/aromatic N) is 1. The number of anilines is 1. The monoisotopic (exact) mass is 410 g/mol. The van der Waals surface area contributed by atoms with Gasteiger partial charge >= 0.3 is 5.97 Å². The van der Waals surface area contributed by atoms with Crippen molar-refractivity contribution in [3.63, 3.8) is 0 Å². The fourth-order valence-corrected chi connectivity index (χ4v) is 4.26. The van der Waals surface area contributed by atoms with Crippen LogP contribution in [0.3, 0.4) is 0 Å². The lowest BCUT2D eigenvalue weighted by atomic mass is 9.81. The van der Waals surface area contributed by atoms with Crippen LogP contribution in [0.5, 0.6) is 0 Å². The molecule has 3 rings (SSSR count). The highest BCUT2D eigenvalue weighted by molar-refractivity contribution is 6.03. The third-order valence-electron chi connectivity index (χ3n) is 6.05. The summed E-state index contributed by atoms with van der Waals surface area (Å²) in [7, 11) is 4.03. The summed E-state index contributed by atoms with van der Waals surface area (Å²) in [5.74, 6) is -0.121. The predicted molar refractivity (Wildman–Crippen MR) is 121 cm³/mol. The predicted octanol–water partition coefficient (Wildman–Crippen LogP) is 5.43. The van der Waals surface area contributed by atoms with Gasteiger partial charge in [-0.2, -0.15) is 0 Å². The average molecular weight is 411 g/mol. The van der Waals surface area contributed by atoms with Gasteiger partial charge in [0.05, 0.1) is 6.61 Å². The molecule has 30 heavy (non-hydrogen) atoms. The van der Waals surface area contributed by atoms with Gasteiger partial charge in [0.15, 0.2) is 5.78 Å². The van der Waals surface area contributed by atoms with Crippen LogP contribution in [0.4, 0.5) is 5.69 Å². The van der Waals surface area contributed by atoms with Gasteiger partial charge < -0.3 is 14.6 Å². The SMILES string of the molecule is CCCCCCCOC(=O)c1[nH]c2c(c1C)C(=O)C[C@@H](c1ccc(N(C)C)cc1)C2. The number of ketones is 1. The third kappa shape index (κ3) is 4.94. The number of ether oxygens (including phenoxy) is 1. The molecule has 0 fully saturated rings. The average Bonchev–Trinajstić information content (AvgIpc) is 3.07. The Kier molecular flexibility index (Phi) is 7.35. The quantitative estimate of drug-likeness (QED) is 0.442. The normalized spacial score (nSPS) is 15.7. The van der Waals surface area contributed by atoms with Crippen molar-refractivity contribution in [3.05, 3.63) is 52.3 Å². The van der Waals surface area contributed by atoms with Gasteiger partial charge in [0.1, 0.15) is 5.69 Å². The van der Waals surface area contributed by atoms with Gasteiger partial charge in [-0.15, -0.1) is 0 Å².